The summed E-state index contributed by atoms with van der Waals surface area (Å²) < 4.78 is 0. The Morgan fingerprint density at radius 3 is 2.45 bits per heavy atom. The average molecular weight is 389 g/mol. The molecule has 1 aliphatic carbocycles. The Morgan fingerprint density at radius 1 is 1.07 bits per heavy atom. The maximum absolute atomic E-state index is 12.0. The number of nitrogens with zero attached hydrogens (tertiary/aromatic N) is 2. The number of anilines is 2. The lowest BCUT2D eigenvalue weighted by Gasteiger charge is -2.34. The van der Waals surface area contributed by atoms with Gasteiger partial charge in [0.2, 0.25) is 0 Å². The van der Waals surface area contributed by atoms with Crippen molar-refractivity contribution in [2.75, 3.05) is 22.9 Å². The van der Waals surface area contributed by atoms with Gasteiger partial charge in [0, 0.05) is 13.1 Å². The number of ketones is 2. The van der Waals surface area contributed by atoms with E-state index in [4.69, 9.17) is 0 Å². The summed E-state index contributed by atoms with van der Waals surface area (Å²) in [5.41, 5.74) is 3.34. The fourth-order valence-electron chi connectivity index (χ4n) is 4.43. The molecule has 4 rings (SSSR count). The predicted octanol–water partition coefficient (Wildman–Crippen LogP) is 4.80. The number of Topliss-reactive ketones (excluding diaryl/α,β-unsaturated/α-hetero) is 2. The molecule has 0 saturated heterocycles. The van der Waals surface area contributed by atoms with Gasteiger partial charge in [-0.2, -0.15) is 0 Å². The second-order valence-corrected chi connectivity index (χ2v) is 8.46. The monoisotopic (exact) mass is 388 g/mol. The van der Waals surface area contributed by atoms with Crippen molar-refractivity contribution in [3.8, 4) is 0 Å². The molecule has 2 aliphatic heterocycles. The number of fused-ring (bicyclic) bond motifs is 3. The van der Waals surface area contributed by atoms with Crippen molar-refractivity contribution in [2.24, 2.45) is 11.3 Å². The van der Waals surface area contributed by atoms with E-state index in [1.165, 1.54) is 22.8 Å². The Hall–Kier alpha value is -2.88. The van der Waals surface area contributed by atoms with Gasteiger partial charge in [0.25, 0.3) is 0 Å². The SMILES string of the molecule is CCN1C2=C(/C=C/C=C/C=C3C(=O)C(C)(C)C3=O)C(C)CCN2c2ccccc21. The first-order valence-corrected chi connectivity index (χ1v) is 10.4. The van der Waals surface area contributed by atoms with Gasteiger partial charge in [-0.1, -0.05) is 43.4 Å². The Morgan fingerprint density at radius 2 is 1.76 bits per heavy atom. The summed E-state index contributed by atoms with van der Waals surface area (Å²) in [7, 11) is 0. The Labute approximate surface area is 172 Å². The van der Waals surface area contributed by atoms with Crippen LogP contribution in [0.3, 0.4) is 0 Å². The molecule has 29 heavy (non-hydrogen) atoms. The van der Waals surface area contributed by atoms with E-state index in [0.29, 0.717) is 11.5 Å². The minimum atomic E-state index is -0.843. The molecule has 1 aromatic rings. The second-order valence-electron chi connectivity index (χ2n) is 8.46. The van der Waals surface area contributed by atoms with E-state index in [1.807, 2.05) is 12.2 Å². The lowest BCUT2D eigenvalue weighted by molar-refractivity contribution is -0.143. The number of rotatable bonds is 4. The first-order valence-electron chi connectivity index (χ1n) is 10.4. The number of carbonyl (C=O) groups excluding carboxylic acids is 2. The number of hydrogen-bond acceptors (Lipinski definition) is 4. The molecule has 3 aliphatic rings. The van der Waals surface area contributed by atoms with Crippen LogP contribution in [0.5, 0.6) is 0 Å². The molecule has 1 atom stereocenters. The summed E-state index contributed by atoms with van der Waals surface area (Å²) in [6.45, 7) is 9.79. The van der Waals surface area contributed by atoms with Crippen LogP contribution < -0.4 is 9.80 Å². The summed E-state index contributed by atoms with van der Waals surface area (Å²) in [6, 6.07) is 8.59. The van der Waals surface area contributed by atoms with Crippen molar-refractivity contribution in [3.05, 3.63) is 71.6 Å². The third kappa shape index (κ3) is 2.98. The van der Waals surface area contributed by atoms with Gasteiger partial charge >= 0.3 is 0 Å². The highest BCUT2D eigenvalue weighted by molar-refractivity contribution is 6.41. The first kappa shape index (κ1) is 19.4. The van der Waals surface area contributed by atoms with Crippen molar-refractivity contribution < 1.29 is 9.59 Å². The van der Waals surface area contributed by atoms with Crippen LogP contribution in [0.1, 0.15) is 34.1 Å². The molecular weight excluding hydrogens is 360 g/mol. The van der Waals surface area contributed by atoms with Crippen molar-refractivity contribution in [1.29, 1.82) is 0 Å². The quantitative estimate of drug-likeness (QED) is 0.321. The minimum Gasteiger partial charge on any atom is -0.326 e. The van der Waals surface area contributed by atoms with Gasteiger partial charge < -0.3 is 9.80 Å². The van der Waals surface area contributed by atoms with Gasteiger partial charge in [-0.15, -0.1) is 0 Å². The maximum atomic E-state index is 12.0. The van der Waals surface area contributed by atoms with Crippen molar-refractivity contribution in [2.45, 2.75) is 34.1 Å². The molecule has 4 nitrogen and oxygen atoms in total. The molecule has 0 aromatic heterocycles. The molecule has 0 N–H and O–H groups in total. The largest absolute Gasteiger partial charge is 0.326 e. The van der Waals surface area contributed by atoms with Gasteiger partial charge in [0.1, 0.15) is 5.82 Å². The minimum absolute atomic E-state index is 0.0695. The van der Waals surface area contributed by atoms with E-state index < -0.39 is 5.41 Å². The van der Waals surface area contributed by atoms with Crippen LogP contribution in [0.25, 0.3) is 0 Å². The van der Waals surface area contributed by atoms with E-state index in [1.54, 1.807) is 26.0 Å². The normalized spacial score (nSPS) is 23.2. The lowest BCUT2D eigenvalue weighted by atomic mass is 9.65. The highest BCUT2D eigenvalue weighted by atomic mass is 16.2. The predicted molar refractivity (Wildman–Crippen MR) is 118 cm³/mol. The van der Waals surface area contributed by atoms with Gasteiger partial charge in [0.15, 0.2) is 11.6 Å². The van der Waals surface area contributed by atoms with Crippen molar-refractivity contribution in [1.82, 2.24) is 0 Å². The Bertz CT molecular complexity index is 959. The molecule has 0 bridgehead atoms. The summed E-state index contributed by atoms with van der Waals surface area (Å²) >= 11 is 0. The lowest BCUT2D eigenvalue weighted by Crippen LogP contribution is -2.48. The zero-order valence-electron chi connectivity index (χ0n) is 17.6. The smallest absolute Gasteiger partial charge is 0.179 e. The summed E-state index contributed by atoms with van der Waals surface area (Å²) in [5.74, 6) is 1.62. The average Bonchev–Trinajstić information content (AvgIpc) is 3.05. The van der Waals surface area contributed by atoms with Crippen molar-refractivity contribution >= 4 is 22.9 Å². The molecule has 0 amide bonds. The number of carbonyl (C=O) groups is 2. The number of allylic oxidation sites excluding steroid dienone is 7. The summed E-state index contributed by atoms with van der Waals surface area (Å²) in [5, 5.41) is 0. The number of para-hydroxylation sites is 2. The van der Waals surface area contributed by atoms with Crippen LogP contribution in [-0.4, -0.2) is 24.7 Å². The van der Waals surface area contributed by atoms with Crippen LogP contribution in [-0.2, 0) is 9.59 Å². The van der Waals surface area contributed by atoms with E-state index in [9.17, 15) is 9.59 Å². The first-order chi connectivity index (χ1) is 13.9. The Kier molecular flexibility index (Phi) is 4.81. The molecule has 150 valence electrons. The topological polar surface area (TPSA) is 40.6 Å². The fourth-order valence-corrected chi connectivity index (χ4v) is 4.43. The van der Waals surface area contributed by atoms with Crippen molar-refractivity contribution in [3.63, 3.8) is 0 Å². The highest BCUT2D eigenvalue weighted by Gasteiger charge is 2.50. The molecule has 1 aromatic carbocycles. The van der Waals surface area contributed by atoms with Crippen LogP contribution in [0.15, 0.2) is 71.6 Å². The molecule has 0 spiro atoms. The third-order valence-corrected chi connectivity index (χ3v) is 6.25. The van der Waals surface area contributed by atoms with E-state index >= 15 is 0 Å². The van der Waals surface area contributed by atoms with Gasteiger partial charge in [-0.3, -0.25) is 9.59 Å². The summed E-state index contributed by atoms with van der Waals surface area (Å²) in [4.78, 5) is 28.8. The van der Waals surface area contributed by atoms with E-state index in [2.05, 4.69) is 54.0 Å². The molecule has 4 heteroatoms. The van der Waals surface area contributed by atoms with Crippen LogP contribution >= 0.6 is 0 Å². The zero-order chi connectivity index (χ0) is 20.8. The molecule has 1 unspecified atom stereocenters. The van der Waals surface area contributed by atoms with Crippen LogP contribution in [0, 0.1) is 11.3 Å². The standard InChI is InChI=1S/C25H28N2O2/c1-5-26-20-13-9-10-14-21(20)27-16-15-17(2)18(24(26)27)11-7-6-8-12-19-22(28)25(3,4)23(19)29/h6-14,17H,5,15-16H2,1-4H3/b8-6+,11-7+. The number of benzene rings is 1. The van der Waals surface area contributed by atoms with E-state index in [-0.39, 0.29) is 11.6 Å². The molecule has 1 saturated carbocycles. The molecule has 2 heterocycles. The van der Waals surface area contributed by atoms with Gasteiger partial charge in [-0.25, -0.2) is 0 Å². The third-order valence-electron chi connectivity index (χ3n) is 6.25. The van der Waals surface area contributed by atoms with E-state index in [0.717, 1.165) is 19.5 Å². The van der Waals surface area contributed by atoms with Crippen LogP contribution in [0.4, 0.5) is 11.4 Å². The van der Waals surface area contributed by atoms with Gasteiger partial charge in [-0.05, 0) is 56.9 Å². The highest BCUT2D eigenvalue weighted by Crippen LogP contribution is 2.46. The second kappa shape index (κ2) is 7.18. The Balaban J connectivity index is 1.59. The number of hydrogen-bond donors (Lipinski definition) is 0. The molecular formula is C25H28N2O2. The molecule has 0 radical (unpaired) electrons. The summed E-state index contributed by atoms with van der Waals surface area (Å²) in [6.07, 6.45) is 10.6. The fraction of sp³-hybridized carbons (Fsp3) is 0.360. The zero-order valence-corrected chi connectivity index (χ0v) is 17.6. The van der Waals surface area contributed by atoms with Gasteiger partial charge in [0.05, 0.1) is 22.4 Å². The molecule has 1 fully saturated rings. The maximum Gasteiger partial charge on any atom is 0.179 e. The van der Waals surface area contributed by atoms with Crippen LogP contribution in [0.2, 0.25) is 0 Å².